The van der Waals surface area contributed by atoms with Crippen LogP contribution in [0.3, 0.4) is 0 Å². The number of aromatic nitrogens is 3. The van der Waals surface area contributed by atoms with Gasteiger partial charge in [-0.2, -0.15) is 0 Å². The number of halogens is 1. The quantitative estimate of drug-likeness (QED) is 0.412. The number of carbonyl (C=O) groups excluding carboxylic acids is 2. The first-order valence-electron chi connectivity index (χ1n) is 12.0. The van der Waals surface area contributed by atoms with Crippen LogP contribution in [0.25, 0.3) is 0 Å². The number of rotatable bonds is 8. The van der Waals surface area contributed by atoms with E-state index in [1.807, 2.05) is 18.2 Å². The fourth-order valence-electron chi connectivity index (χ4n) is 4.70. The van der Waals surface area contributed by atoms with Crippen molar-refractivity contribution >= 4 is 50.5 Å². The summed E-state index contributed by atoms with van der Waals surface area (Å²) in [6.45, 7) is 1.94. The molecule has 1 atom stereocenters. The standard InChI is InChI=1S/C25H27BrN6O3S/c26-17-10-21-25(29-11-17)35-8-7-32(21)14-19-5-6-22(36-19)24(34)31-20(9-16-3-1-2-4-16)23(33)30-18-12-27-15-28-13-18/h5-6,10-13,15-16,20H,1-4,7-9,14H2,(H,30,33)(H,31,34)/t20-/m0/s1. The monoisotopic (exact) mass is 570 g/mol. The topological polar surface area (TPSA) is 109 Å². The van der Waals surface area contributed by atoms with Gasteiger partial charge >= 0.3 is 0 Å². The zero-order chi connectivity index (χ0) is 24.9. The lowest BCUT2D eigenvalue weighted by Gasteiger charge is -2.30. The lowest BCUT2D eigenvalue weighted by atomic mass is 9.97. The van der Waals surface area contributed by atoms with Crippen molar-refractivity contribution in [1.82, 2.24) is 20.3 Å². The van der Waals surface area contributed by atoms with E-state index in [4.69, 9.17) is 4.74 Å². The number of amides is 2. The zero-order valence-electron chi connectivity index (χ0n) is 19.7. The molecule has 5 rings (SSSR count). The fourth-order valence-corrected chi connectivity index (χ4v) is 5.94. The number of fused-ring (bicyclic) bond motifs is 1. The van der Waals surface area contributed by atoms with E-state index in [9.17, 15) is 9.59 Å². The van der Waals surface area contributed by atoms with Gasteiger partial charge in [-0.05, 0) is 46.5 Å². The smallest absolute Gasteiger partial charge is 0.262 e. The van der Waals surface area contributed by atoms with Crippen LogP contribution in [-0.4, -0.2) is 46.0 Å². The highest BCUT2D eigenvalue weighted by Crippen LogP contribution is 2.34. The number of hydrogen-bond acceptors (Lipinski definition) is 8. The first-order valence-corrected chi connectivity index (χ1v) is 13.6. The highest BCUT2D eigenvalue weighted by Gasteiger charge is 2.28. The van der Waals surface area contributed by atoms with Crippen LogP contribution >= 0.6 is 27.3 Å². The van der Waals surface area contributed by atoms with Gasteiger partial charge in [-0.15, -0.1) is 11.3 Å². The van der Waals surface area contributed by atoms with Gasteiger partial charge < -0.3 is 20.3 Å². The number of pyridine rings is 1. The second-order valence-corrected chi connectivity index (χ2v) is 11.1. The summed E-state index contributed by atoms with van der Waals surface area (Å²) in [4.78, 5) is 42.3. The first-order chi connectivity index (χ1) is 17.5. The van der Waals surface area contributed by atoms with Crippen LogP contribution < -0.4 is 20.3 Å². The molecule has 1 aliphatic carbocycles. The summed E-state index contributed by atoms with van der Waals surface area (Å²) in [5.41, 5.74) is 1.44. The normalized spacial score (nSPS) is 16.2. The van der Waals surface area contributed by atoms with Crippen molar-refractivity contribution in [2.24, 2.45) is 5.92 Å². The Kier molecular flexibility index (Phi) is 7.76. The molecule has 9 nitrogen and oxygen atoms in total. The zero-order valence-corrected chi connectivity index (χ0v) is 22.1. The highest BCUT2D eigenvalue weighted by molar-refractivity contribution is 9.10. The van der Waals surface area contributed by atoms with Gasteiger partial charge in [0.1, 0.15) is 24.7 Å². The van der Waals surface area contributed by atoms with Gasteiger partial charge in [0, 0.05) is 15.5 Å². The maximum Gasteiger partial charge on any atom is 0.262 e. The van der Waals surface area contributed by atoms with Gasteiger partial charge in [-0.3, -0.25) is 9.59 Å². The van der Waals surface area contributed by atoms with Crippen LogP contribution in [0.15, 0.2) is 47.6 Å². The minimum Gasteiger partial charge on any atom is -0.474 e. The summed E-state index contributed by atoms with van der Waals surface area (Å²) < 4.78 is 6.56. The van der Waals surface area contributed by atoms with Crippen molar-refractivity contribution in [2.75, 3.05) is 23.4 Å². The van der Waals surface area contributed by atoms with Crippen molar-refractivity contribution in [3.8, 4) is 5.88 Å². The Morgan fingerprint density at radius 2 is 2.00 bits per heavy atom. The van der Waals surface area contributed by atoms with E-state index in [1.54, 1.807) is 18.6 Å². The molecule has 0 aromatic carbocycles. The van der Waals surface area contributed by atoms with Gasteiger partial charge in [-0.25, -0.2) is 15.0 Å². The number of carbonyl (C=O) groups is 2. The molecule has 2 N–H and O–H groups in total. The summed E-state index contributed by atoms with van der Waals surface area (Å²) in [6.07, 6.45) is 11.4. The second-order valence-electron chi connectivity index (χ2n) is 9.04. The Labute approximate surface area is 221 Å². The van der Waals surface area contributed by atoms with Crippen molar-refractivity contribution in [3.63, 3.8) is 0 Å². The Morgan fingerprint density at radius 1 is 1.19 bits per heavy atom. The number of nitrogens with zero attached hydrogens (tertiary/aromatic N) is 4. The third kappa shape index (κ3) is 6.01. The van der Waals surface area contributed by atoms with Gasteiger partial charge in [0.2, 0.25) is 11.8 Å². The van der Waals surface area contributed by atoms with E-state index in [2.05, 4.69) is 46.4 Å². The Hall–Kier alpha value is -3.05. The molecule has 0 bridgehead atoms. The summed E-state index contributed by atoms with van der Waals surface area (Å²) in [6, 6.07) is 5.16. The maximum atomic E-state index is 13.2. The van der Waals surface area contributed by atoms with Crippen molar-refractivity contribution in [2.45, 2.75) is 44.7 Å². The van der Waals surface area contributed by atoms with E-state index in [1.165, 1.54) is 30.5 Å². The third-order valence-corrected chi connectivity index (χ3v) is 7.97. The molecule has 1 saturated carbocycles. The summed E-state index contributed by atoms with van der Waals surface area (Å²) in [7, 11) is 0. The largest absolute Gasteiger partial charge is 0.474 e. The predicted molar refractivity (Wildman–Crippen MR) is 141 cm³/mol. The molecule has 4 heterocycles. The molecular formula is C25H27BrN6O3S. The van der Waals surface area contributed by atoms with Crippen LogP contribution in [0, 0.1) is 5.92 Å². The van der Waals surface area contributed by atoms with Crippen molar-refractivity contribution in [3.05, 3.63) is 57.3 Å². The molecular weight excluding hydrogens is 544 g/mol. The highest BCUT2D eigenvalue weighted by atomic mass is 79.9. The Balaban J connectivity index is 1.26. The summed E-state index contributed by atoms with van der Waals surface area (Å²) in [5.74, 6) is 0.565. The molecule has 2 amide bonds. The lowest BCUT2D eigenvalue weighted by Crippen LogP contribution is -2.44. The van der Waals surface area contributed by atoms with E-state index >= 15 is 0 Å². The minimum atomic E-state index is -0.624. The van der Waals surface area contributed by atoms with Gasteiger partial charge in [0.05, 0.1) is 36.0 Å². The molecule has 0 spiro atoms. The maximum absolute atomic E-state index is 13.2. The first kappa shape index (κ1) is 24.6. The van der Waals surface area contributed by atoms with Crippen LogP contribution in [0.2, 0.25) is 0 Å². The molecule has 3 aromatic heterocycles. The van der Waals surface area contributed by atoms with Crippen LogP contribution in [-0.2, 0) is 11.3 Å². The second kappa shape index (κ2) is 11.3. The molecule has 1 fully saturated rings. The molecule has 3 aromatic rings. The fraction of sp³-hybridized carbons (Fsp3) is 0.400. The van der Waals surface area contributed by atoms with Gasteiger partial charge in [0.25, 0.3) is 5.91 Å². The van der Waals surface area contributed by atoms with Crippen LogP contribution in [0.5, 0.6) is 5.88 Å². The Bertz CT molecular complexity index is 1220. The number of hydrogen-bond donors (Lipinski definition) is 2. The number of thiophene rings is 1. The number of anilines is 2. The Morgan fingerprint density at radius 3 is 2.81 bits per heavy atom. The van der Waals surface area contributed by atoms with Crippen LogP contribution in [0.4, 0.5) is 11.4 Å². The lowest BCUT2D eigenvalue weighted by molar-refractivity contribution is -0.118. The van der Waals surface area contributed by atoms with E-state index in [-0.39, 0.29) is 11.8 Å². The third-order valence-electron chi connectivity index (χ3n) is 6.47. The van der Waals surface area contributed by atoms with E-state index < -0.39 is 6.04 Å². The summed E-state index contributed by atoms with van der Waals surface area (Å²) in [5, 5.41) is 5.83. The van der Waals surface area contributed by atoms with E-state index in [0.29, 0.717) is 41.9 Å². The number of nitrogens with one attached hydrogen (secondary N) is 2. The van der Waals surface area contributed by atoms with Crippen LogP contribution in [0.1, 0.15) is 46.7 Å². The van der Waals surface area contributed by atoms with Crippen molar-refractivity contribution < 1.29 is 14.3 Å². The van der Waals surface area contributed by atoms with Crippen molar-refractivity contribution in [1.29, 1.82) is 0 Å². The minimum absolute atomic E-state index is 0.236. The number of ether oxygens (including phenoxy) is 1. The average molecular weight is 572 g/mol. The van der Waals surface area contributed by atoms with Gasteiger partial charge in [-0.1, -0.05) is 25.7 Å². The molecule has 36 heavy (non-hydrogen) atoms. The molecule has 2 aliphatic rings. The van der Waals surface area contributed by atoms with Gasteiger partial charge in [0.15, 0.2) is 0 Å². The molecule has 0 unspecified atom stereocenters. The predicted octanol–water partition coefficient (Wildman–Crippen LogP) is 4.41. The molecule has 0 saturated heterocycles. The molecule has 188 valence electrons. The molecule has 1 aliphatic heterocycles. The summed E-state index contributed by atoms with van der Waals surface area (Å²) >= 11 is 4.91. The van der Waals surface area contributed by atoms with E-state index in [0.717, 1.165) is 34.4 Å². The molecule has 0 radical (unpaired) electrons. The SMILES string of the molecule is O=C(N[C@@H](CC1CCCC1)C(=O)Nc1cncnc1)c1ccc(CN2CCOc3ncc(Br)cc32)s1. The molecule has 11 heteroatoms. The average Bonchev–Trinajstić information content (AvgIpc) is 3.57.